The number of nitrogens with two attached hydrogens (primary N) is 1. The van der Waals surface area contributed by atoms with Crippen LogP contribution in [0.4, 0.5) is 0 Å². The molecule has 112 valence electrons. The normalized spacial score (nSPS) is 23.6. The van der Waals surface area contributed by atoms with E-state index < -0.39 is 0 Å². The van der Waals surface area contributed by atoms with Gasteiger partial charge in [-0.3, -0.25) is 0 Å². The van der Waals surface area contributed by atoms with Crippen LogP contribution >= 0.6 is 0 Å². The van der Waals surface area contributed by atoms with Gasteiger partial charge in [0.25, 0.3) is 0 Å². The van der Waals surface area contributed by atoms with E-state index in [1.807, 2.05) is 0 Å². The zero-order valence-corrected chi connectivity index (χ0v) is 13.4. The van der Waals surface area contributed by atoms with E-state index in [2.05, 4.69) is 55.9 Å². The van der Waals surface area contributed by atoms with Gasteiger partial charge in [0.2, 0.25) is 0 Å². The molecule has 3 heteroatoms. The van der Waals surface area contributed by atoms with Gasteiger partial charge < -0.3 is 15.5 Å². The van der Waals surface area contributed by atoms with Gasteiger partial charge in [0.1, 0.15) is 0 Å². The average Bonchev–Trinajstić information content (AvgIpc) is 2.56. The molecule has 0 aliphatic carbocycles. The van der Waals surface area contributed by atoms with Crippen molar-refractivity contribution in [3.63, 3.8) is 0 Å². The summed E-state index contributed by atoms with van der Waals surface area (Å²) < 4.78 is 0. The van der Waals surface area contributed by atoms with Crippen LogP contribution in [0.2, 0.25) is 0 Å². The first-order valence-corrected chi connectivity index (χ1v) is 7.68. The van der Waals surface area contributed by atoms with Gasteiger partial charge in [-0.15, -0.1) is 0 Å². The first kappa shape index (κ1) is 15.5. The van der Waals surface area contributed by atoms with Crippen molar-refractivity contribution in [2.45, 2.75) is 38.8 Å². The molecule has 1 aliphatic heterocycles. The summed E-state index contributed by atoms with van der Waals surface area (Å²) in [4.78, 5) is 4.85. The Morgan fingerprint density at radius 3 is 2.65 bits per heavy atom. The molecule has 1 aliphatic rings. The lowest BCUT2D eigenvalue weighted by Gasteiger charge is -2.32. The Morgan fingerprint density at radius 2 is 1.95 bits per heavy atom. The first-order valence-electron chi connectivity index (χ1n) is 7.68. The van der Waals surface area contributed by atoms with Gasteiger partial charge in [-0.25, -0.2) is 0 Å². The highest BCUT2D eigenvalue weighted by Crippen LogP contribution is 2.15. The number of benzene rings is 1. The molecule has 2 unspecified atom stereocenters. The molecule has 1 saturated heterocycles. The van der Waals surface area contributed by atoms with Crippen molar-refractivity contribution < 1.29 is 0 Å². The highest BCUT2D eigenvalue weighted by Gasteiger charge is 2.26. The molecule has 2 atom stereocenters. The van der Waals surface area contributed by atoms with E-state index >= 15 is 0 Å². The van der Waals surface area contributed by atoms with E-state index in [9.17, 15) is 0 Å². The summed E-state index contributed by atoms with van der Waals surface area (Å²) >= 11 is 0. The number of likely N-dealkylation sites (N-methyl/N-ethyl adjacent to an activating group) is 2. The van der Waals surface area contributed by atoms with E-state index in [-0.39, 0.29) is 6.04 Å². The lowest BCUT2D eigenvalue weighted by atomic mass is 9.96. The summed E-state index contributed by atoms with van der Waals surface area (Å²) in [6, 6.07) is 7.37. The van der Waals surface area contributed by atoms with E-state index in [1.165, 1.54) is 29.7 Å². The quantitative estimate of drug-likeness (QED) is 0.913. The average molecular weight is 275 g/mol. The van der Waals surface area contributed by atoms with Crippen molar-refractivity contribution in [2.75, 3.05) is 33.7 Å². The number of hydrogen-bond acceptors (Lipinski definition) is 3. The highest BCUT2D eigenvalue weighted by molar-refractivity contribution is 5.30. The maximum atomic E-state index is 6.52. The number of hydrogen-bond donors (Lipinski definition) is 1. The molecule has 1 aromatic carbocycles. The monoisotopic (exact) mass is 275 g/mol. The molecular formula is C17H29N3. The van der Waals surface area contributed by atoms with Gasteiger partial charge in [0.05, 0.1) is 0 Å². The van der Waals surface area contributed by atoms with Crippen molar-refractivity contribution >= 4 is 0 Å². The molecule has 1 heterocycles. The second kappa shape index (κ2) is 6.70. The molecule has 0 aromatic heterocycles. The minimum atomic E-state index is 0.197. The second-order valence-electron chi connectivity index (χ2n) is 6.45. The lowest BCUT2D eigenvalue weighted by molar-refractivity contribution is 0.195. The third-order valence-corrected chi connectivity index (χ3v) is 4.65. The van der Waals surface area contributed by atoms with Crippen molar-refractivity contribution in [1.29, 1.82) is 0 Å². The van der Waals surface area contributed by atoms with Crippen LogP contribution in [-0.4, -0.2) is 55.6 Å². The highest BCUT2D eigenvalue weighted by atomic mass is 15.2. The van der Waals surface area contributed by atoms with Gasteiger partial charge >= 0.3 is 0 Å². The Morgan fingerprint density at radius 1 is 1.20 bits per heavy atom. The SMILES string of the molecule is Cc1ccc(CC(N)C2CN(C)CCCN2C)cc1C. The third-order valence-electron chi connectivity index (χ3n) is 4.65. The molecule has 1 aromatic rings. The molecule has 2 rings (SSSR count). The van der Waals surface area contributed by atoms with Gasteiger partial charge in [-0.05, 0) is 70.6 Å². The van der Waals surface area contributed by atoms with Crippen molar-refractivity contribution in [1.82, 2.24) is 9.80 Å². The summed E-state index contributed by atoms with van der Waals surface area (Å²) in [6.45, 7) is 7.73. The predicted octanol–water partition coefficient (Wildman–Crippen LogP) is 1.81. The summed E-state index contributed by atoms with van der Waals surface area (Å²) in [5, 5.41) is 0. The van der Waals surface area contributed by atoms with Crippen molar-refractivity contribution in [3.8, 4) is 0 Å². The largest absolute Gasteiger partial charge is 0.326 e. The van der Waals surface area contributed by atoms with Crippen LogP contribution < -0.4 is 5.73 Å². The lowest BCUT2D eigenvalue weighted by Crippen LogP contribution is -2.51. The van der Waals surface area contributed by atoms with E-state index in [1.54, 1.807) is 0 Å². The zero-order chi connectivity index (χ0) is 14.7. The van der Waals surface area contributed by atoms with Crippen LogP contribution in [0.1, 0.15) is 23.1 Å². The predicted molar refractivity (Wildman–Crippen MR) is 86.1 cm³/mol. The Kier molecular flexibility index (Phi) is 5.19. The molecule has 0 spiro atoms. The van der Waals surface area contributed by atoms with Gasteiger partial charge in [-0.2, -0.15) is 0 Å². The van der Waals surface area contributed by atoms with Crippen molar-refractivity contribution in [2.24, 2.45) is 5.73 Å². The Hall–Kier alpha value is -0.900. The standard InChI is InChI=1S/C17H29N3/c1-13-6-7-15(10-14(13)2)11-16(18)17-12-19(3)8-5-9-20(17)4/h6-7,10,16-17H,5,8-9,11-12,18H2,1-4H3. The minimum Gasteiger partial charge on any atom is -0.326 e. The number of aryl methyl sites for hydroxylation is 2. The molecule has 0 saturated carbocycles. The van der Waals surface area contributed by atoms with Gasteiger partial charge in [-0.1, -0.05) is 18.2 Å². The first-order chi connectivity index (χ1) is 9.47. The van der Waals surface area contributed by atoms with Crippen LogP contribution in [0.25, 0.3) is 0 Å². The Balaban J connectivity index is 2.05. The number of nitrogens with zero attached hydrogens (tertiary/aromatic N) is 2. The molecule has 0 bridgehead atoms. The minimum absolute atomic E-state index is 0.197. The maximum Gasteiger partial charge on any atom is 0.0374 e. The fourth-order valence-corrected chi connectivity index (χ4v) is 3.11. The van der Waals surface area contributed by atoms with Gasteiger partial charge in [0, 0.05) is 18.6 Å². The van der Waals surface area contributed by atoms with Crippen LogP contribution in [0.3, 0.4) is 0 Å². The van der Waals surface area contributed by atoms with Crippen LogP contribution in [-0.2, 0) is 6.42 Å². The van der Waals surface area contributed by atoms with Crippen LogP contribution in [0, 0.1) is 13.8 Å². The van der Waals surface area contributed by atoms with E-state index in [0.717, 1.165) is 19.5 Å². The molecule has 0 radical (unpaired) electrons. The van der Waals surface area contributed by atoms with E-state index in [4.69, 9.17) is 5.73 Å². The summed E-state index contributed by atoms with van der Waals surface area (Å²) in [7, 11) is 4.42. The van der Waals surface area contributed by atoms with Crippen LogP contribution in [0.5, 0.6) is 0 Å². The summed E-state index contributed by atoms with van der Waals surface area (Å²) in [5.74, 6) is 0. The maximum absolute atomic E-state index is 6.52. The molecule has 2 N–H and O–H groups in total. The molecule has 3 nitrogen and oxygen atoms in total. The smallest absolute Gasteiger partial charge is 0.0374 e. The molecular weight excluding hydrogens is 246 g/mol. The van der Waals surface area contributed by atoms with Gasteiger partial charge in [0.15, 0.2) is 0 Å². The number of rotatable bonds is 3. The Bertz CT molecular complexity index is 444. The summed E-state index contributed by atoms with van der Waals surface area (Å²) in [5.41, 5.74) is 10.6. The molecule has 0 amide bonds. The third kappa shape index (κ3) is 3.81. The Labute approximate surface area is 123 Å². The van der Waals surface area contributed by atoms with Crippen molar-refractivity contribution in [3.05, 3.63) is 34.9 Å². The molecule has 20 heavy (non-hydrogen) atoms. The van der Waals surface area contributed by atoms with Crippen LogP contribution in [0.15, 0.2) is 18.2 Å². The summed E-state index contributed by atoms with van der Waals surface area (Å²) in [6.07, 6.45) is 2.20. The topological polar surface area (TPSA) is 32.5 Å². The fourth-order valence-electron chi connectivity index (χ4n) is 3.11. The second-order valence-corrected chi connectivity index (χ2v) is 6.45. The molecule has 1 fully saturated rings. The van der Waals surface area contributed by atoms with E-state index in [0.29, 0.717) is 6.04 Å². The zero-order valence-electron chi connectivity index (χ0n) is 13.4. The fraction of sp³-hybridized carbons (Fsp3) is 0.647.